The van der Waals surface area contributed by atoms with Crippen LogP contribution in [0.5, 0.6) is 0 Å². The van der Waals surface area contributed by atoms with Gasteiger partial charge in [-0.05, 0) is 22.6 Å². The number of nitrogens with zero attached hydrogens (tertiary/aromatic N) is 1. The highest BCUT2D eigenvalue weighted by Crippen LogP contribution is 2.31. The molecule has 0 atom stereocenters. The summed E-state index contributed by atoms with van der Waals surface area (Å²) in [6, 6.07) is 0. The Balaban J connectivity index is 3.30. The monoisotopic (exact) mass is 318 g/mol. The van der Waals surface area contributed by atoms with E-state index in [4.69, 9.17) is 17.3 Å². The lowest BCUT2D eigenvalue weighted by molar-refractivity contribution is 0.150. The summed E-state index contributed by atoms with van der Waals surface area (Å²) in [4.78, 5) is 3.77. The zero-order valence-corrected chi connectivity index (χ0v) is 9.31. The summed E-state index contributed by atoms with van der Waals surface area (Å²) < 4.78 is 25.1. The van der Waals surface area contributed by atoms with Crippen molar-refractivity contribution >= 4 is 39.9 Å². The lowest BCUT2D eigenvalue weighted by Gasteiger charge is -2.09. The van der Waals surface area contributed by atoms with Gasteiger partial charge in [-0.2, -0.15) is 0 Å². The van der Waals surface area contributed by atoms with E-state index in [0.29, 0.717) is 5.56 Å². The molecule has 0 bridgehead atoms. The van der Waals surface area contributed by atoms with Crippen LogP contribution in [0.1, 0.15) is 17.6 Å². The zero-order chi connectivity index (χ0) is 10.0. The Morgan fingerprint density at radius 1 is 1.62 bits per heavy atom. The van der Waals surface area contributed by atoms with Gasteiger partial charge in [0.2, 0.25) is 0 Å². The largest absolute Gasteiger partial charge is 0.398 e. The third-order valence-electron chi connectivity index (χ3n) is 1.55. The van der Waals surface area contributed by atoms with E-state index in [1.807, 2.05) is 0 Å². The number of alkyl halides is 3. The topological polar surface area (TPSA) is 38.9 Å². The number of pyridine rings is 1. The Kier molecular flexibility index (Phi) is 3.66. The molecule has 1 aromatic rings. The van der Waals surface area contributed by atoms with Crippen molar-refractivity contribution in [3.63, 3.8) is 0 Å². The van der Waals surface area contributed by atoms with Crippen LogP contribution in [-0.4, -0.2) is 4.98 Å². The van der Waals surface area contributed by atoms with Gasteiger partial charge in [0.05, 0.1) is 11.4 Å². The number of aromatic nitrogens is 1. The van der Waals surface area contributed by atoms with Gasteiger partial charge in [0, 0.05) is 17.4 Å². The van der Waals surface area contributed by atoms with E-state index in [-0.39, 0.29) is 20.8 Å². The Morgan fingerprint density at radius 3 is 2.69 bits per heavy atom. The first kappa shape index (κ1) is 10.9. The number of hydrogen-bond donors (Lipinski definition) is 1. The average Bonchev–Trinajstić information content (AvgIpc) is 2.04. The number of hydrogen-bond acceptors (Lipinski definition) is 2. The molecule has 2 nitrogen and oxygen atoms in total. The smallest absolute Gasteiger partial charge is 0.268 e. The quantitative estimate of drug-likeness (QED) is 0.517. The van der Waals surface area contributed by atoms with Crippen molar-refractivity contribution < 1.29 is 8.78 Å². The highest BCUT2D eigenvalue weighted by atomic mass is 127. The van der Waals surface area contributed by atoms with E-state index in [1.54, 1.807) is 22.6 Å². The van der Waals surface area contributed by atoms with Crippen molar-refractivity contribution in [1.29, 1.82) is 0 Å². The summed E-state index contributed by atoms with van der Waals surface area (Å²) >= 11 is 7.21. The van der Waals surface area contributed by atoms with Gasteiger partial charge in [-0.3, -0.25) is 0 Å². The fraction of sp³-hybridized carbons (Fsp3) is 0.286. The molecule has 1 aromatic heterocycles. The molecule has 1 rings (SSSR count). The summed E-state index contributed by atoms with van der Waals surface area (Å²) in [7, 11) is 0. The van der Waals surface area contributed by atoms with E-state index >= 15 is 0 Å². The second-order valence-electron chi connectivity index (χ2n) is 2.34. The Hall–Kier alpha value is -0.170. The normalized spacial score (nSPS) is 10.8. The summed E-state index contributed by atoms with van der Waals surface area (Å²) in [5.74, 6) is 0.0927. The van der Waals surface area contributed by atoms with E-state index < -0.39 is 6.43 Å². The van der Waals surface area contributed by atoms with Crippen LogP contribution in [0.25, 0.3) is 0 Å². The molecule has 2 N–H and O–H groups in total. The fourth-order valence-corrected chi connectivity index (χ4v) is 1.75. The van der Waals surface area contributed by atoms with Gasteiger partial charge in [0.25, 0.3) is 6.43 Å². The van der Waals surface area contributed by atoms with Crippen molar-refractivity contribution in [2.75, 3.05) is 5.73 Å². The van der Waals surface area contributed by atoms with Crippen molar-refractivity contribution in [1.82, 2.24) is 4.98 Å². The molecule has 0 aromatic carbocycles. The molecule has 0 aliphatic rings. The second kappa shape index (κ2) is 4.36. The molecule has 1 heterocycles. The molecular weight excluding hydrogens is 312 g/mol. The Morgan fingerprint density at radius 2 is 2.23 bits per heavy atom. The van der Waals surface area contributed by atoms with Crippen LogP contribution >= 0.6 is 34.2 Å². The molecule has 0 amide bonds. The molecule has 0 radical (unpaired) electrons. The van der Waals surface area contributed by atoms with Crippen LogP contribution in [0.3, 0.4) is 0 Å². The first-order chi connectivity index (χ1) is 6.07. The van der Waals surface area contributed by atoms with Gasteiger partial charge < -0.3 is 5.73 Å². The molecule has 6 heteroatoms. The number of anilines is 1. The summed E-state index contributed by atoms with van der Waals surface area (Å²) in [5.41, 5.74) is 5.75. The average molecular weight is 318 g/mol. The minimum absolute atomic E-state index is 0.0457. The molecular formula is C7H6ClF2IN2. The number of nitrogen functional groups attached to an aromatic ring is 1. The fourth-order valence-electron chi connectivity index (χ4n) is 0.872. The Bertz CT molecular complexity index is 320. The molecule has 0 fully saturated rings. The highest BCUT2D eigenvalue weighted by Gasteiger charge is 2.18. The van der Waals surface area contributed by atoms with Gasteiger partial charge in [0.15, 0.2) is 0 Å². The van der Waals surface area contributed by atoms with Crippen LogP contribution in [0.4, 0.5) is 14.5 Å². The van der Waals surface area contributed by atoms with Crippen LogP contribution in [-0.2, 0) is 5.88 Å². The maximum absolute atomic E-state index is 12.4. The Labute approximate surface area is 92.6 Å². The van der Waals surface area contributed by atoms with E-state index in [9.17, 15) is 8.78 Å². The molecule has 0 aliphatic carbocycles. The molecule has 72 valence electrons. The van der Waals surface area contributed by atoms with Gasteiger partial charge in [-0.15, -0.1) is 11.6 Å². The minimum atomic E-state index is -2.61. The van der Waals surface area contributed by atoms with E-state index in [1.165, 1.54) is 6.20 Å². The van der Waals surface area contributed by atoms with Gasteiger partial charge in [-0.1, -0.05) is 0 Å². The van der Waals surface area contributed by atoms with Gasteiger partial charge >= 0.3 is 0 Å². The first-order valence-corrected chi connectivity index (χ1v) is 4.96. The number of halogens is 4. The lowest BCUT2D eigenvalue weighted by Crippen LogP contribution is -2.03. The van der Waals surface area contributed by atoms with Crippen molar-refractivity contribution in [3.05, 3.63) is 21.0 Å². The standard InChI is InChI=1S/C7H6ClF2IN2/c8-1-3-2-13-7(11)4(5(3)12)6(9)10/h2,6H,1H2,(H2,12,13). The van der Waals surface area contributed by atoms with Crippen molar-refractivity contribution in [2.45, 2.75) is 12.3 Å². The second-order valence-corrected chi connectivity index (χ2v) is 3.62. The van der Waals surface area contributed by atoms with Crippen molar-refractivity contribution in [3.8, 4) is 0 Å². The highest BCUT2D eigenvalue weighted by molar-refractivity contribution is 14.1. The minimum Gasteiger partial charge on any atom is -0.398 e. The zero-order valence-electron chi connectivity index (χ0n) is 6.40. The lowest BCUT2D eigenvalue weighted by atomic mass is 10.2. The molecule has 0 aliphatic heterocycles. The third kappa shape index (κ3) is 2.19. The number of rotatable bonds is 2. The molecule has 0 unspecified atom stereocenters. The van der Waals surface area contributed by atoms with Crippen molar-refractivity contribution in [2.24, 2.45) is 0 Å². The summed E-state index contributed by atoms with van der Waals surface area (Å²) in [6.45, 7) is 0. The van der Waals surface area contributed by atoms with E-state index in [2.05, 4.69) is 4.98 Å². The predicted octanol–water partition coefficient (Wildman–Crippen LogP) is 2.94. The maximum atomic E-state index is 12.4. The van der Waals surface area contributed by atoms with Gasteiger partial charge in [0.1, 0.15) is 3.70 Å². The number of nitrogens with two attached hydrogens (primary N) is 1. The molecule has 0 spiro atoms. The summed E-state index contributed by atoms with van der Waals surface area (Å²) in [6.07, 6.45) is -1.20. The van der Waals surface area contributed by atoms with Crippen LogP contribution in [0.15, 0.2) is 6.20 Å². The predicted molar refractivity (Wildman–Crippen MR) is 55.9 cm³/mol. The van der Waals surface area contributed by atoms with Crippen LogP contribution in [0, 0.1) is 3.70 Å². The molecule has 0 saturated heterocycles. The van der Waals surface area contributed by atoms with Crippen LogP contribution < -0.4 is 5.73 Å². The molecule has 0 saturated carbocycles. The van der Waals surface area contributed by atoms with E-state index in [0.717, 1.165) is 0 Å². The molecule has 13 heavy (non-hydrogen) atoms. The SMILES string of the molecule is Nc1c(CCl)cnc(I)c1C(F)F. The first-order valence-electron chi connectivity index (χ1n) is 3.34. The van der Waals surface area contributed by atoms with Gasteiger partial charge in [-0.25, -0.2) is 13.8 Å². The third-order valence-corrected chi connectivity index (χ3v) is 2.70. The van der Waals surface area contributed by atoms with Crippen LogP contribution in [0.2, 0.25) is 0 Å². The summed E-state index contributed by atoms with van der Waals surface area (Å²) in [5, 5.41) is 0. The maximum Gasteiger partial charge on any atom is 0.268 e.